The fourth-order valence-corrected chi connectivity index (χ4v) is 3.81. The zero-order valence-electron chi connectivity index (χ0n) is 18.5. The smallest absolute Gasteiger partial charge is 0.453 e. The molecule has 35 heavy (non-hydrogen) atoms. The number of hydrogen-bond acceptors (Lipinski definition) is 6. The Balaban J connectivity index is 1.31. The van der Waals surface area contributed by atoms with Gasteiger partial charge in [0.2, 0.25) is 5.88 Å². The highest BCUT2D eigenvalue weighted by molar-refractivity contribution is 5.96. The number of aromatic nitrogens is 5. The minimum atomic E-state index is -4.70. The molecular formula is C25H21F3N6O. The molecule has 0 aliphatic rings. The van der Waals surface area contributed by atoms with Gasteiger partial charge in [-0.05, 0) is 36.2 Å². The van der Waals surface area contributed by atoms with E-state index in [1.54, 1.807) is 36.7 Å². The second-order valence-electron chi connectivity index (χ2n) is 8.01. The molecule has 7 nitrogen and oxygen atoms in total. The van der Waals surface area contributed by atoms with Crippen molar-refractivity contribution in [2.24, 2.45) is 0 Å². The third kappa shape index (κ3) is 5.07. The number of ether oxygens (including phenoxy) is 1. The van der Waals surface area contributed by atoms with Crippen LogP contribution in [-0.2, 0) is 25.7 Å². The monoisotopic (exact) mass is 478 g/mol. The van der Waals surface area contributed by atoms with Crippen LogP contribution < -0.4 is 10.1 Å². The SMILES string of the molecule is FC(F)(F)c1nnc2c3ccccc3c(OCc3cncc(CNCCc4ccccc4)c3)nn12. The fourth-order valence-electron chi connectivity index (χ4n) is 3.81. The van der Waals surface area contributed by atoms with Gasteiger partial charge >= 0.3 is 6.18 Å². The van der Waals surface area contributed by atoms with E-state index >= 15 is 0 Å². The van der Waals surface area contributed by atoms with Gasteiger partial charge in [-0.1, -0.05) is 48.5 Å². The van der Waals surface area contributed by atoms with Crippen molar-refractivity contribution in [3.63, 3.8) is 0 Å². The Morgan fingerprint density at radius 2 is 1.60 bits per heavy atom. The Labute approximate surface area is 198 Å². The Bertz CT molecular complexity index is 1450. The third-order valence-electron chi connectivity index (χ3n) is 5.47. The van der Waals surface area contributed by atoms with E-state index in [0.717, 1.165) is 24.1 Å². The lowest BCUT2D eigenvalue weighted by Crippen LogP contribution is -2.17. The molecule has 0 unspecified atom stereocenters. The average Bonchev–Trinajstić information content (AvgIpc) is 3.31. The second-order valence-corrected chi connectivity index (χ2v) is 8.01. The first-order chi connectivity index (χ1) is 17.0. The van der Waals surface area contributed by atoms with Gasteiger partial charge in [0.1, 0.15) is 6.61 Å². The van der Waals surface area contributed by atoms with E-state index in [1.165, 1.54) is 5.56 Å². The summed E-state index contributed by atoms with van der Waals surface area (Å²) in [5.41, 5.74) is 3.04. The Morgan fingerprint density at radius 3 is 2.40 bits per heavy atom. The molecule has 0 atom stereocenters. The van der Waals surface area contributed by atoms with Gasteiger partial charge in [0, 0.05) is 35.3 Å². The van der Waals surface area contributed by atoms with Crippen molar-refractivity contribution in [1.82, 2.24) is 30.1 Å². The molecule has 0 saturated heterocycles. The largest absolute Gasteiger partial charge is 0.471 e. The number of pyridine rings is 1. The van der Waals surface area contributed by atoms with Gasteiger partial charge in [-0.25, -0.2) is 0 Å². The van der Waals surface area contributed by atoms with Crippen LogP contribution in [0, 0.1) is 0 Å². The second kappa shape index (κ2) is 9.67. The molecule has 3 aromatic heterocycles. The van der Waals surface area contributed by atoms with Gasteiger partial charge in [0.15, 0.2) is 5.65 Å². The average molecular weight is 478 g/mol. The van der Waals surface area contributed by atoms with E-state index in [2.05, 4.69) is 37.7 Å². The van der Waals surface area contributed by atoms with Crippen LogP contribution in [0.2, 0.25) is 0 Å². The molecule has 5 aromatic rings. The van der Waals surface area contributed by atoms with Gasteiger partial charge in [-0.2, -0.15) is 17.7 Å². The molecule has 0 fully saturated rings. The molecule has 2 aromatic carbocycles. The van der Waals surface area contributed by atoms with E-state index in [-0.39, 0.29) is 18.1 Å². The predicted octanol–water partition coefficient (Wildman–Crippen LogP) is 4.60. The summed E-state index contributed by atoms with van der Waals surface area (Å²) in [6, 6.07) is 19.0. The highest BCUT2D eigenvalue weighted by Gasteiger charge is 2.38. The summed E-state index contributed by atoms with van der Waals surface area (Å²) in [5.74, 6) is -1.14. The molecule has 0 aliphatic heterocycles. The van der Waals surface area contributed by atoms with Crippen molar-refractivity contribution in [3.8, 4) is 5.88 Å². The molecule has 0 saturated carbocycles. The topological polar surface area (TPSA) is 77.2 Å². The Hall–Kier alpha value is -4.05. The zero-order valence-corrected chi connectivity index (χ0v) is 18.5. The van der Waals surface area contributed by atoms with E-state index in [1.807, 2.05) is 24.3 Å². The Kier molecular flexibility index (Phi) is 6.28. The highest BCUT2D eigenvalue weighted by Crippen LogP contribution is 2.32. The summed E-state index contributed by atoms with van der Waals surface area (Å²) >= 11 is 0. The summed E-state index contributed by atoms with van der Waals surface area (Å²) < 4.78 is 46.7. The number of nitrogens with zero attached hydrogens (tertiary/aromatic N) is 5. The van der Waals surface area contributed by atoms with E-state index in [0.29, 0.717) is 21.8 Å². The highest BCUT2D eigenvalue weighted by atomic mass is 19.4. The van der Waals surface area contributed by atoms with E-state index < -0.39 is 12.0 Å². The maximum atomic E-state index is 13.4. The zero-order chi connectivity index (χ0) is 24.3. The predicted molar refractivity (Wildman–Crippen MR) is 124 cm³/mol. The molecule has 0 spiro atoms. The maximum absolute atomic E-state index is 13.4. The van der Waals surface area contributed by atoms with Crippen molar-refractivity contribution in [2.75, 3.05) is 6.54 Å². The van der Waals surface area contributed by atoms with E-state index in [4.69, 9.17) is 4.74 Å². The lowest BCUT2D eigenvalue weighted by molar-refractivity contribution is -0.146. The molecule has 1 N–H and O–H groups in total. The van der Waals surface area contributed by atoms with Crippen LogP contribution >= 0.6 is 0 Å². The molecule has 178 valence electrons. The minimum Gasteiger partial charge on any atom is -0.471 e. The number of halogens is 3. The van der Waals surface area contributed by atoms with Gasteiger partial charge in [-0.3, -0.25) is 4.98 Å². The van der Waals surface area contributed by atoms with Crippen LogP contribution in [0.5, 0.6) is 5.88 Å². The molecule has 0 radical (unpaired) electrons. The summed E-state index contributed by atoms with van der Waals surface area (Å²) in [6.07, 6.45) is -0.348. The first-order valence-electron chi connectivity index (χ1n) is 11.0. The lowest BCUT2D eigenvalue weighted by atomic mass is 10.1. The molecule has 0 aliphatic carbocycles. The van der Waals surface area contributed by atoms with Crippen LogP contribution in [0.25, 0.3) is 16.4 Å². The molecular weight excluding hydrogens is 457 g/mol. The Morgan fingerprint density at radius 1 is 0.857 bits per heavy atom. The molecule has 10 heteroatoms. The van der Waals surface area contributed by atoms with Gasteiger partial charge < -0.3 is 10.1 Å². The molecule has 3 heterocycles. The maximum Gasteiger partial charge on any atom is 0.453 e. The first-order valence-corrected chi connectivity index (χ1v) is 11.0. The summed E-state index contributed by atoms with van der Waals surface area (Å²) in [6.45, 7) is 1.55. The summed E-state index contributed by atoms with van der Waals surface area (Å²) in [4.78, 5) is 4.27. The third-order valence-corrected chi connectivity index (χ3v) is 5.47. The fraction of sp³-hybridized carbons (Fsp3) is 0.200. The molecule has 0 amide bonds. The number of nitrogens with one attached hydrogen (secondary N) is 1. The van der Waals surface area contributed by atoms with Crippen molar-refractivity contribution in [2.45, 2.75) is 25.7 Å². The number of hydrogen-bond donors (Lipinski definition) is 1. The van der Waals surface area contributed by atoms with Crippen molar-refractivity contribution in [1.29, 1.82) is 0 Å². The summed E-state index contributed by atoms with van der Waals surface area (Å²) in [5, 5.41) is 15.5. The number of fused-ring (bicyclic) bond motifs is 3. The summed E-state index contributed by atoms with van der Waals surface area (Å²) in [7, 11) is 0. The van der Waals surface area contributed by atoms with Gasteiger partial charge in [-0.15, -0.1) is 15.3 Å². The first kappa shape index (κ1) is 22.7. The van der Waals surface area contributed by atoms with Crippen molar-refractivity contribution < 1.29 is 17.9 Å². The van der Waals surface area contributed by atoms with Crippen LogP contribution in [0.15, 0.2) is 73.1 Å². The van der Waals surface area contributed by atoms with Crippen LogP contribution in [0.4, 0.5) is 13.2 Å². The lowest BCUT2D eigenvalue weighted by Gasteiger charge is -2.11. The van der Waals surface area contributed by atoms with Crippen LogP contribution in [-0.4, -0.2) is 31.3 Å². The van der Waals surface area contributed by atoms with Crippen molar-refractivity contribution in [3.05, 3.63) is 95.6 Å². The standard InChI is InChI=1S/C25H21F3N6O/c26-25(27,28)24-32-31-22-20-8-4-5-9-21(20)23(33-34(22)24)35-16-19-12-18(14-30-15-19)13-29-11-10-17-6-2-1-3-7-17/h1-9,12,14-15,29H,10-11,13,16H2. The number of rotatable bonds is 8. The number of benzene rings is 2. The quantitative estimate of drug-likeness (QED) is 0.329. The minimum absolute atomic E-state index is 0.0190. The van der Waals surface area contributed by atoms with Gasteiger partial charge in [0.25, 0.3) is 5.82 Å². The normalized spacial score (nSPS) is 11.9. The number of alkyl halides is 3. The molecule has 0 bridgehead atoms. The van der Waals surface area contributed by atoms with Crippen LogP contribution in [0.3, 0.4) is 0 Å². The van der Waals surface area contributed by atoms with Crippen LogP contribution in [0.1, 0.15) is 22.5 Å². The van der Waals surface area contributed by atoms with Crippen molar-refractivity contribution >= 4 is 16.4 Å². The van der Waals surface area contributed by atoms with Gasteiger partial charge in [0.05, 0.1) is 0 Å². The van der Waals surface area contributed by atoms with E-state index in [9.17, 15) is 13.2 Å². The molecule has 5 rings (SSSR count).